The predicted octanol–water partition coefficient (Wildman–Crippen LogP) is 3.71. The van der Waals surface area contributed by atoms with Crippen LogP contribution >= 0.6 is 11.6 Å². The Kier molecular flexibility index (Phi) is 6.95. The number of carbonyl (C=O) groups is 1. The average Bonchev–Trinajstić information content (AvgIpc) is 2.72. The van der Waals surface area contributed by atoms with Crippen LogP contribution in [0.2, 0.25) is 5.02 Å². The Morgan fingerprint density at radius 1 is 1.07 bits per heavy atom. The summed E-state index contributed by atoms with van der Waals surface area (Å²) in [4.78, 5) is 16.8. The molecule has 2 aromatic rings. The first-order chi connectivity index (χ1) is 13.6. The zero-order valence-electron chi connectivity index (χ0n) is 16.2. The monoisotopic (exact) mass is 400 g/mol. The van der Waals surface area contributed by atoms with Gasteiger partial charge in [0.2, 0.25) is 5.91 Å². The third-order valence-electron chi connectivity index (χ3n) is 4.81. The standard InChI is InChI=1S/C22H25ClN2O3/c1-27-20-15-18(14-19(23)22(20)28-2)8-9-21(26)25-12-10-24(11-13-25)16-17-6-4-3-5-7-17/h3-9,14-15H,10-13,16H2,1-2H3/b9-8+. The number of ether oxygens (including phenoxy) is 2. The number of rotatable bonds is 6. The van der Waals surface area contributed by atoms with Crippen molar-refractivity contribution in [1.29, 1.82) is 0 Å². The molecule has 0 radical (unpaired) electrons. The van der Waals surface area contributed by atoms with E-state index in [2.05, 4.69) is 29.2 Å². The van der Waals surface area contributed by atoms with E-state index in [-0.39, 0.29) is 5.91 Å². The molecule has 0 aliphatic carbocycles. The summed E-state index contributed by atoms with van der Waals surface area (Å²) in [6.07, 6.45) is 3.34. The topological polar surface area (TPSA) is 42.0 Å². The van der Waals surface area contributed by atoms with E-state index in [1.54, 1.807) is 38.5 Å². The lowest BCUT2D eigenvalue weighted by Gasteiger charge is -2.34. The van der Waals surface area contributed by atoms with E-state index in [1.165, 1.54) is 5.56 Å². The van der Waals surface area contributed by atoms with E-state index >= 15 is 0 Å². The lowest BCUT2D eigenvalue weighted by atomic mass is 10.1. The van der Waals surface area contributed by atoms with Crippen molar-refractivity contribution in [2.45, 2.75) is 6.54 Å². The van der Waals surface area contributed by atoms with Gasteiger partial charge < -0.3 is 14.4 Å². The number of nitrogens with zero attached hydrogens (tertiary/aromatic N) is 2. The maximum Gasteiger partial charge on any atom is 0.246 e. The van der Waals surface area contributed by atoms with Crippen LogP contribution in [-0.2, 0) is 11.3 Å². The molecule has 0 spiro atoms. The van der Waals surface area contributed by atoms with Crippen molar-refractivity contribution in [3.8, 4) is 11.5 Å². The number of piperazine rings is 1. The predicted molar refractivity (Wildman–Crippen MR) is 112 cm³/mol. The van der Waals surface area contributed by atoms with Crippen molar-refractivity contribution < 1.29 is 14.3 Å². The molecule has 0 atom stereocenters. The highest BCUT2D eigenvalue weighted by atomic mass is 35.5. The zero-order chi connectivity index (χ0) is 19.9. The second-order valence-corrected chi connectivity index (χ2v) is 7.07. The van der Waals surface area contributed by atoms with Crippen molar-refractivity contribution in [1.82, 2.24) is 9.80 Å². The number of hydrogen-bond donors (Lipinski definition) is 0. The number of amides is 1. The van der Waals surface area contributed by atoms with Gasteiger partial charge in [0.15, 0.2) is 11.5 Å². The molecule has 0 N–H and O–H groups in total. The molecule has 1 saturated heterocycles. The summed E-state index contributed by atoms with van der Waals surface area (Å²) in [7, 11) is 3.10. The molecule has 1 fully saturated rings. The van der Waals surface area contributed by atoms with Crippen LogP contribution in [0.25, 0.3) is 6.08 Å². The molecular weight excluding hydrogens is 376 g/mol. The fourth-order valence-electron chi connectivity index (χ4n) is 3.28. The maximum absolute atomic E-state index is 12.5. The molecule has 1 amide bonds. The molecule has 0 saturated carbocycles. The van der Waals surface area contributed by atoms with Gasteiger partial charge in [-0.05, 0) is 29.3 Å². The summed E-state index contributed by atoms with van der Waals surface area (Å²) >= 11 is 6.22. The Balaban J connectivity index is 1.56. The Bertz CT molecular complexity index is 831. The van der Waals surface area contributed by atoms with Crippen LogP contribution in [-0.4, -0.2) is 56.1 Å². The van der Waals surface area contributed by atoms with Crippen LogP contribution in [0.1, 0.15) is 11.1 Å². The van der Waals surface area contributed by atoms with Crippen molar-refractivity contribution in [3.05, 3.63) is 64.7 Å². The largest absolute Gasteiger partial charge is 0.493 e. The molecule has 1 heterocycles. The van der Waals surface area contributed by atoms with Gasteiger partial charge >= 0.3 is 0 Å². The molecule has 0 unspecified atom stereocenters. The molecule has 1 aliphatic heterocycles. The van der Waals surface area contributed by atoms with Crippen molar-refractivity contribution in [2.24, 2.45) is 0 Å². The van der Waals surface area contributed by atoms with Crippen LogP contribution in [0.15, 0.2) is 48.5 Å². The molecule has 28 heavy (non-hydrogen) atoms. The lowest BCUT2D eigenvalue weighted by molar-refractivity contribution is -0.127. The van der Waals surface area contributed by atoms with Crippen molar-refractivity contribution >= 4 is 23.6 Å². The minimum atomic E-state index is 0.00488. The van der Waals surface area contributed by atoms with Gasteiger partial charge in [-0.1, -0.05) is 41.9 Å². The molecular formula is C22H25ClN2O3. The Hall–Kier alpha value is -2.50. The molecule has 0 aromatic heterocycles. The van der Waals surface area contributed by atoms with Gasteiger partial charge in [0.25, 0.3) is 0 Å². The normalized spacial score (nSPS) is 15.0. The molecule has 1 aliphatic rings. The summed E-state index contributed by atoms with van der Waals surface area (Å²) in [6.45, 7) is 4.11. The second-order valence-electron chi connectivity index (χ2n) is 6.66. The van der Waals surface area contributed by atoms with E-state index in [0.29, 0.717) is 16.5 Å². The van der Waals surface area contributed by atoms with Gasteiger partial charge in [-0.3, -0.25) is 9.69 Å². The Morgan fingerprint density at radius 3 is 2.43 bits per heavy atom. The van der Waals surface area contributed by atoms with E-state index in [9.17, 15) is 4.79 Å². The number of hydrogen-bond acceptors (Lipinski definition) is 4. The first kappa shape index (κ1) is 20.2. The molecule has 2 aromatic carbocycles. The van der Waals surface area contributed by atoms with Crippen LogP contribution in [0.5, 0.6) is 11.5 Å². The summed E-state index contributed by atoms with van der Waals surface area (Å²) in [5.41, 5.74) is 2.09. The van der Waals surface area contributed by atoms with Gasteiger partial charge in [-0.2, -0.15) is 0 Å². The smallest absolute Gasteiger partial charge is 0.246 e. The second kappa shape index (κ2) is 9.62. The first-order valence-corrected chi connectivity index (χ1v) is 9.63. The minimum absolute atomic E-state index is 0.00488. The fourth-order valence-corrected chi connectivity index (χ4v) is 3.57. The van der Waals surface area contributed by atoms with Gasteiger partial charge in [0.1, 0.15) is 0 Å². The van der Waals surface area contributed by atoms with E-state index in [0.717, 1.165) is 38.3 Å². The van der Waals surface area contributed by atoms with Gasteiger partial charge in [0.05, 0.1) is 19.2 Å². The summed E-state index contributed by atoms with van der Waals surface area (Å²) in [5.74, 6) is 1.03. The quantitative estimate of drug-likeness (QED) is 0.693. The van der Waals surface area contributed by atoms with Crippen molar-refractivity contribution in [3.63, 3.8) is 0 Å². The number of benzene rings is 2. The highest BCUT2D eigenvalue weighted by Gasteiger charge is 2.19. The van der Waals surface area contributed by atoms with Crippen LogP contribution in [0.3, 0.4) is 0 Å². The molecule has 148 valence electrons. The van der Waals surface area contributed by atoms with Gasteiger partial charge in [-0.15, -0.1) is 0 Å². The SMILES string of the molecule is COc1cc(/C=C/C(=O)N2CCN(Cc3ccccc3)CC2)cc(Cl)c1OC. The summed E-state index contributed by atoms with van der Waals surface area (Å²) in [6, 6.07) is 14.0. The third kappa shape index (κ3) is 5.06. The van der Waals surface area contributed by atoms with Gasteiger partial charge in [0, 0.05) is 38.8 Å². The third-order valence-corrected chi connectivity index (χ3v) is 5.09. The fraction of sp³-hybridized carbons (Fsp3) is 0.318. The number of carbonyl (C=O) groups excluding carboxylic acids is 1. The highest BCUT2D eigenvalue weighted by Crippen LogP contribution is 2.36. The minimum Gasteiger partial charge on any atom is -0.493 e. The molecule has 6 heteroatoms. The maximum atomic E-state index is 12.5. The Morgan fingerprint density at radius 2 is 1.79 bits per heavy atom. The number of halogens is 1. The summed E-state index contributed by atoms with van der Waals surface area (Å²) < 4.78 is 10.5. The first-order valence-electron chi connectivity index (χ1n) is 9.25. The van der Waals surface area contributed by atoms with E-state index < -0.39 is 0 Å². The average molecular weight is 401 g/mol. The van der Waals surface area contributed by atoms with Gasteiger partial charge in [-0.25, -0.2) is 0 Å². The van der Waals surface area contributed by atoms with E-state index in [1.807, 2.05) is 11.0 Å². The van der Waals surface area contributed by atoms with E-state index in [4.69, 9.17) is 21.1 Å². The van der Waals surface area contributed by atoms with Crippen LogP contribution in [0, 0.1) is 0 Å². The van der Waals surface area contributed by atoms with Crippen LogP contribution in [0.4, 0.5) is 0 Å². The molecule has 0 bridgehead atoms. The van der Waals surface area contributed by atoms with Crippen molar-refractivity contribution in [2.75, 3.05) is 40.4 Å². The highest BCUT2D eigenvalue weighted by molar-refractivity contribution is 6.32. The van der Waals surface area contributed by atoms with Crippen LogP contribution < -0.4 is 9.47 Å². The summed E-state index contributed by atoms with van der Waals surface area (Å²) in [5, 5.41) is 0.448. The lowest BCUT2D eigenvalue weighted by Crippen LogP contribution is -2.47. The zero-order valence-corrected chi connectivity index (χ0v) is 17.0. The molecule has 5 nitrogen and oxygen atoms in total. The Labute approximate surface area is 171 Å². The number of methoxy groups -OCH3 is 2. The molecule has 3 rings (SSSR count).